The van der Waals surface area contributed by atoms with E-state index in [0.29, 0.717) is 5.56 Å². The van der Waals surface area contributed by atoms with Gasteiger partial charge in [-0.2, -0.15) is 0 Å². The average molecular weight is 371 g/mol. The van der Waals surface area contributed by atoms with Crippen LogP contribution in [0.15, 0.2) is 66.7 Å². The van der Waals surface area contributed by atoms with Gasteiger partial charge in [0.05, 0.1) is 17.3 Å². The van der Waals surface area contributed by atoms with Gasteiger partial charge in [-0.3, -0.25) is 4.79 Å². The van der Waals surface area contributed by atoms with Crippen molar-refractivity contribution >= 4 is 16.8 Å². The van der Waals surface area contributed by atoms with Crippen LogP contribution in [0, 0.1) is 0 Å². The summed E-state index contributed by atoms with van der Waals surface area (Å²) >= 11 is 0. The molecule has 4 aromatic rings. The first-order valence-corrected chi connectivity index (χ1v) is 9.25. The Morgan fingerprint density at radius 2 is 1.61 bits per heavy atom. The number of benzene rings is 3. The van der Waals surface area contributed by atoms with Crippen molar-refractivity contribution in [3.8, 4) is 22.6 Å². The van der Waals surface area contributed by atoms with Crippen LogP contribution in [0.3, 0.4) is 0 Å². The van der Waals surface area contributed by atoms with Crippen LogP contribution in [0.1, 0.15) is 31.1 Å². The molecule has 28 heavy (non-hydrogen) atoms. The minimum absolute atomic E-state index is 0.0640. The molecule has 0 radical (unpaired) electrons. The molecule has 0 amide bonds. The van der Waals surface area contributed by atoms with Gasteiger partial charge in [0.2, 0.25) is 0 Å². The van der Waals surface area contributed by atoms with Gasteiger partial charge in [0.25, 0.3) is 0 Å². The highest BCUT2D eigenvalue weighted by Gasteiger charge is 2.09. The Kier molecular flexibility index (Phi) is 4.65. The van der Waals surface area contributed by atoms with Crippen molar-refractivity contribution in [1.29, 1.82) is 0 Å². The molecule has 4 rings (SSSR count). The molecule has 0 bridgehead atoms. The van der Waals surface area contributed by atoms with Crippen LogP contribution in [0.25, 0.3) is 27.8 Å². The summed E-state index contributed by atoms with van der Waals surface area (Å²) in [5, 5.41) is 8.58. The maximum atomic E-state index is 11.5. The molecule has 140 valence electrons. The van der Waals surface area contributed by atoms with Crippen molar-refractivity contribution in [3.63, 3.8) is 0 Å². The molecular formula is C23H21N3O2. The molecule has 1 heterocycles. The van der Waals surface area contributed by atoms with Gasteiger partial charge < -0.3 is 4.74 Å². The van der Waals surface area contributed by atoms with E-state index in [1.54, 1.807) is 6.92 Å². The first kappa shape index (κ1) is 17.9. The Labute approximate surface area is 163 Å². The smallest absolute Gasteiger partial charge is 0.159 e. The third-order valence-electron chi connectivity index (χ3n) is 4.52. The van der Waals surface area contributed by atoms with E-state index in [9.17, 15) is 4.79 Å². The molecule has 0 aliphatic heterocycles. The SMILES string of the molecule is CC(=O)c1ccc(-c2ccc3nnn(-c4ccc(OC(C)C)cc4)c3c2)cc1. The van der Waals surface area contributed by atoms with Gasteiger partial charge in [-0.25, -0.2) is 4.68 Å². The topological polar surface area (TPSA) is 57.0 Å². The van der Waals surface area contributed by atoms with Crippen LogP contribution in [-0.4, -0.2) is 26.9 Å². The molecule has 1 aromatic heterocycles. The molecular weight excluding hydrogens is 350 g/mol. The summed E-state index contributed by atoms with van der Waals surface area (Å²) in [6.45, 7) is 5.58. The maximum Gasteiger partial charge on any atom is 0.159 e. The lowest BCUT2D eigenvalue weighted by atomic mass is 10.0. The zero-order valence-electron chi connectivity index (χ0n) is 16.1. The van der Waals surface area contributed by atoms with Gasteiger partial charge in [0.1, 0.15) is 11.3 Å². The minimum atomic E-state index is 0.0640. The molecule has 5 heteroatoms. The number of hydrogen-bond acceptors (Lipinski definition) is 4. The number of fused-ring (bicyclic) bond motifs is 1. The summed E-state index contributed by atoms with van der Waals surface area (Å²) in [4.78, 5) is 11.5. The highest BCUT2D eigenvalue weighted by Crippen LogP contribution is 2.26. The fraction of sp³-hybridized carbons (Fsp3) is 0.174. The fourth-order valence-corrected chi connectivity index (χ4v) is 3.12. The molecule has 0 unspecified atom stereocenters. The lowest BCUT2D eigenvalue weighted by Gasteiger charge is -2.10. The number of hydrogen-bond donors (Lipinski definition) is 0. The van der Waals surface area contributed by atoms with Crippen LogP contribution in [0.5, 0.6) is 5.75 Å². The van der Waals surface area contributed by atoms with Crippen LogP contribution in [-0.2, 0) is 0 Å². The van der Waals surface area contributed by atoms with Crippen LogP contribution >= 0.6 is 0 Å². The molecule has 3 aromatic carbocycles. The van der Waals surface area contributed by atoms with E-state index in [-0.39, 0.29) is 11.9 Å². The minimum Gasteiger partial charge on any atom is -0.491 e. The fourth-order valence-electron chi connectivity index (χ4n) is 3.12. The zero-order chi connectivity index (χ0) is 19.7. The molecule has 0 aliphatic carbocycles. The second-order valence-electron chi connectivity index (χ2n) is 7.00. The number of carbonyl (C=O) groups excluding carboxylic acids is 1. The van der Waals surface area contributed by atoms with Crippen molar-refractivity contribution in [3.05, 3.63) is 72.3 Å². The Bertz CT molecular complexity index is 1130. The number of ether oxygens (including phenoxy) is 1. The van der Waals surface area contributed by atoms with E-state index in [2.05, 4.69) is 16.4 Å². The molecule has 0 spiro atoms. The Balaban J connectivity index is 1.71. The number of Topliss-reactive ketones (excluding diaryl/α,β-unsaturated/α-hetero) is 1. The summed E-state index contributed by atoms with van der Waals surface area (Å²) in [5.41, 5.74) is 5.46. The number of aromatic nitrogens is 3. The Hall–Kier alpha value is -3.47. The highest BCUT2D eigenvalue weighted by atomic mass is 16.5. The quantitative estimate of drug-likeness (QED) is 0.459. The molecule has 0 fully saturated rings. The first-order chi connectivity index (χ1) is 13.5. The first-order valence-electron chi connectivity index (χ1n) is 9.25. The number of ketones is 1. The van der Waals surface area contributed by atoms with Crippen LogP contribution < -0.4 is 4.74 Å². The van der Waals surface area contributed by atoms with Crippen molar-refractivity contribution in [2.75, 3.05) is 0 Å². The number of rotatable bonds is 5. The van der Waals surface area contributed by atoms with Gasteiger partial charge >= 0.3 is 0 Å². The molecule has 0 atom stereocenters. The van der Waals surface area contributed by atoms with Crippen LogP contribution in [0.4, 0.5) is 0 Å². The summed E-state index contributed by atoms with van der Waals surface area (Å²) in [5.74, 6) is 0.892. The average Bonchev–Trinajstić information content (AvgIpc) is 3.11. The van der Waals surface area contributed by atoms with Gasteiger partial charge in [-0.05, 0) is 68.3 Å². The summed E-state index contributed by atoms with van der Waals surface area (Å²) in [6.07, 6.45) is 0.134. The molecule has 0 N–H and O–H groups in total. The summed E-state index contributed by atoms with van der Waals surface area (Å²) < 4.78 is 7.53. The van der Waals surface area contributed by atoms with Crippen LogP contribution in [0.2, 0.25) is 0 Å². The second-order valence-corrected chi connectivity index (χ2v) is 7.00. The van der Waals surface area contributed by atoms with E-state index in [1.165, 1.54) is 0 Å². The van der Waals surface area contributed by atoms with E-state index in [1.807, 2.05) is 79.2 Å². The predicted octanol–water partition coefficient (Wildman–Crippen LogP) is 5.08. The van der Waals surface area contributed by atoms with Crippen molar-refractivity contribution in [1.82, 2.24) is 15.0 Å². The van der Waals surface area contributed by atoms with Gasteiger partial charge in [-0.15, -0.1) is 5.10 Å². The largest absolute Gasteiger partial charge is 0.491 e. The Morgan fingerprint density at radius 3 is 2.25 bits per heavy atom. The summed E-state index contributed by atoms with van der Waals surface area (Å²) in [7, 11) is 0. The Morgan fingerprint density at radius 1 is 0.929 bits per heavy atom. The molecule has 0 saturated carbocycles. The van der Waals surface area contributed by atoms with Crippen molar-refractivity contribution in [2.45, 2.75) is 26.9 Å². The van der Waals surface area contributed by atoms with Crippen molar-refractivity contribution < 1.29 is 9.53 Å². The third kappa shape index (κ3) is 3.51. The van der Waals surface area contributed by atoms with Gasteiger partial charge in [0, 0.05) is 5.56 Å². The van der Waals surface area contributed by atoms with E-state index >= 15 is 0 Å². The van der Waals surface area contributed by atoms with E-state index in [4.69, 9.17) is 4.74 Å². The van der Waals surface area contributed by atoms with Gasteiger partial charge in [-0.1, -0.05) is 35.5 Å². The lowest BCUT2D eigenvalue weighted by Crippen LogP contribution is -2.05. The van der Waals surface area contributed by atoms with Gasteiger partial charge in [0.15, 0.2) is 5.78 Å². The third-order valence-corrected chi connectivity index (χ3v) is 4.52. The molecule has 5 nitrogen and oxygen atoms in total. The van der Waals surface area contributed by atoms with E-state index in [0.717, 1.165) is 33.6 Å². The standard InChI is InChI=1S/C23H21N3O2/c1-15(2)28-21-11-9-20(10-12-21)26-23-14-19(8-13-22(23)24-25-26)18-6-4-17(5-7-18)16(3)27/h4-15H,1-3H3. The highest BCUT2D eigenvalue weighted by molar-refractivity contribution is 5.94. The predicted molar refractivity (Wildman–Crippen MR) is 110 cm³/mol. The zero-order valence-corrected chi connectivity index (χ0v) is 16.1. The normalized spacial score (nSPS) is 11.1. The molecule has 0 saturated heterocycles. The lowest BCUT2D eigenvalue weighted by molar-refractivity contribution is 0.101. The number of carbonyl (C=O) groups is 1. The number of nitrogens with zero attached hydrogens (tertiary/aromatic N) is 3. The maximum absolute atomic E-state index is 11.5. The molecule has 0 aliphatic rings. The van der Waals surface area contributed by atoms with Crippen molar-refractivity contribution in [2.24, 2.45) is 0 Å². The van der Waals surface area contributed by atoms with E-state index < -0.39 is 0 Å². The second kappa shape index (κ2) is 7.27. The summed E-state index contributed by atoms with van der Waals surface area (Å²) in [6, 6.07) is 21.5. The monoisotopic (exact) mass is 371 g/mol.